The molecule has 1 N–H and O–H groups in total. The smallest absolute Gasteiger partial charge is 0.134 e. The molecule has 0 bridgehead atoms. The van der Waals surface area contributed by atoms with Crippen LogP contribution >= 0.6 is 11.3 Å². The molecular formula is C17H16N2OS. The molecule has 0 unspecified atom stereocenters. The molecule has 1 aromatic carbocycles. The Morgan fingerprint density at radius 1 is 1.19 bits per heavy atom. The zero-order valence-electron chi connectivity index (χ0n) is 11.7. The van der Waals surface area contributed by atoms with Crippen molar-refractivity contribution in [2.45, 2.75) is 32.1 Å². The standard InChI is InChI=1S/C17H16N2OS/c18-10-14-13-7-2-1-3-9-16(13)21-17(14)19-11-12-6-4-5-8-15(12)20/h4-6,8,11,20H,1-3,7,9H2/b19-11+. The minimum atomic E-state index is 0.206. The van der Waals surface area contributed by atoms with Crippen LogP contribution in [0.15, 0.2) is 29.3 Å². The lowest BCUT2D eigenvalue weighted by molar-refractivity contribution is 0.474. The molecule has 0 atom stereocenters. The molecule has 2 aromatic rings. The number of thiophene rings is 1. The molecule has 0 aliphatic heterocycles. The summed E-state index contributed by atoms with van der Waals surface area (Å²) in [4.78, 5) is 5.77. The number of phenols is 1. The fourth-order valence-electron chi connectivity index (χ4n) is 2.66. The van der Waals surface area contributed by atoms with E-state index in [-0.39, 0.29) is 5.75 Å². The van der Waals surface area contributed by atoms with E-state index in [4.69, 9.17) is 0 Å². The van der Waals surface area contributed by atoms with Gasteiger partial charge in [-0.1, -0.05) is 18.6 Å². The molecule has 0 radical (unpaired) electrons. The summed E-state index contributed by atoms with van der Waals surface area (Å²) in [5.74, 6) is 0.206. The van der Waals surface area contributed by atoms with Gasteiger partial charge in [-0.3, -0.25) is 0 Å². The maximum absolute atomic E-state index is 9.76. The van der Waals surface area contributed by atoms with Crippen LogP contribution in [0.5, 0.6) is 5.75 Å². The highest BCUT2D eigenvalue weighted by Crippen LogP contribution is 2.38. The number of fused-ring (bicyclic) bond motifs is 1. The molecule has 4 heteroatoms. The Bertz CT molecular complexity index is 725. The van der Waals surface area contributed by atoms with Crippen LogP contribution in [-0.4, -0.2) is 11.3 Å². The summed E-state index contributed by atoms with van der Waals surface area (Å²) in [5, 5.41) is 20.0. The molecule has 21 heavy (non-hydrogen) atoms. The van der Waals surface area contributed by atoms with E-state index in [1.807, 2.05) is 12.1 Å². The summed E-state index contributed by atoms with van der Waals surface area (Å²) in [5.41, 5.74) is 2.60. The van der Waals surface area contributed by atoms with Crippen molar-refractivity contribution in [1.82, 2.24) is 0 Å². The van der Waals surface area contributed by atoms with Gasteiger partial charge in [0.2, 0.25) is 0 Å². The van der Waals surface area contributed by atoms with Gasteiger partial charge in [0.25, 0.3) is 0 Å². The third-order valence-electron chi connectivity index (χ3n) is 3.77. The quantitative estimate of drug-likeness (QED) is 0.662. The lowest BCUT2D eigenvalue weighted by Crippen LogP contribution is -1.87. The number of hydrogen-bond donors (Lipinski definition) is 1. The lowest BCUT2D eigenvalue weighted by Gasteiger charge is -1.97. The van der Waals surface area contributed by atoms with Crippen LogP contribution in [0.2, 0.25) is 0 Å². The van der Waals surface area contributed by atoms with Crippen LogP contribution in [0.25, 0.3) is 0 Å². The largest absolute Gasteiger partial charge is 0.507 e. The predicted molar refractivity (Wildman–Crippen MR) is 85.7 cm³/mol. The maximum Gasteiger partial charge on any atom is 0.134 e. The zero-order chi connectivity index (χ0) is 14.7. The molecule has 0 spiro atoms. The first-order chi connectivity index (χ1) is 10.3. The summed E-state index contributed by atoms with van der Waals surface area (Å²) in [6.07, 6.45) is 7.27. The van der Waals surface area contributed by atoms with Crippen LogP contribution in [0.3, 0.4) is 0 Å². The van der Waals surface area contributed by atoms with E-state index < -0.39 is 0 Å². The molecule has 1 aromatic heterocycles. The monoisotopic (exact) mass is 296 g/mol. The fraction of sp³-hybridized carbons (Fsp3) is 0.294. The second kappa shape index (κ2) is 6.11. The SMILES string of the molecule is N#Cc1c(/N=C/c2ccccc2O)sc2c1CCCCC2. The highest BCUT2D eigenvalue weighted by Gasteiger charge is 2.19. The summed E-state index contributed by atoms with van der Waals surface area (Å²) in [7, 11) is 0. The van der Waals surface area contributed by atoms with Gasteiger partial charge in [0, 0.05) is 16.7 Å². The molecule has 0 saturated carbocycles. The van der Waals surface area contributed by atoms with E-state index >= 15 is 0 Å². The van der Waals surface area contributed by atoms with Gasteiger partial charge in [0.15, 0.2) is 0 Å². The Hall–Kier alpha value is -2.12. The number of nitriles is 1. The van der Waals surface area contributed by atoms with E-state index in [0.29, 0.717) is 5.56 Å². The molecule has 1 heterocycles. The number of phenolic OH excluding ortho intramolecular Hbond substituents is 1. The van der Waals surface area contributed by atoms with E-state index in [2.05, 4.69) is 11.1 Å². The number of hydrogen-bond acceptors (Lipinski definition) is 4. The first-order valence-corrected chi connectivity index (χ1v) is 7.98. The average molecular weight is 296 g/mol. The number of benzene rings is 1. The number of aromatic hydroxyl groups is 1. The zero-order valence-corrected chi connectivity index (χ0v) is 12.5. The normalized spacial score (nSPS) is 14.6. The van der Waals surface area contributed by atoms with Gasteiger partial charge in [-0.25, -0.2) is 4.99 Å². The second-order valence-electron chi connectivity index (χ2n) is 5.17. The molecule has 3 rings (SSSR count). The van der Waals surface area contributed by atoms with Gasteiger partial charge >= 0.3 is 0 Å². The van der Waals surface area contributed by atoms with Crippen molar-refractivity contribution in [1.29, 1.82) is 5.26 Å². The number of nitrogens with zero attached hydrogens (tertiary/aromatic N) is 2. The van der Waals surface area contributed by atoms with Crippen molar-refractivity contribution in [3.05, 3.63) is 45.8 Å². The lowest BCUT2D eigenvalue weighted by atomic mass is 10.1. The van der Waals surface area contributed by atoms with Crippen molar-refractivity contribution in [3.63, 3.8) is 0 Å². The molecule has 3 nitrogen and oxygen atoms in total. The third kappa shape index (κ3) is 2.84. The molecule has 0 saturated heterocycles. The number of aryl methyl sites for hydroxylation is 1. The van der Waals surface area contributed by atoms with E-state index in [1.54, 1.807) is 29.7 Å². The summed E-state index contributed by atoms with van der Waals surface area (Å²) >= 11 is 1.62. The first-order valence-electron chi connectivity index (χ1n) is 7.16. The van der Waals surface area contributed by atoms with Gasteiger partial charge < -0.3 is 5.11 Å². The van der Waals surface area contributed by atoms with Crippen LogP contribution in [0.4, 0.5) is 5.00 Å². The van der Waals surface area contributed by atoms with Crippen LogP contribution in [0.1, 0.15) is 40.8 Å². The van der Waals surface area contributed by atoms with Crippen LogP contribution < -0.4 is 0 Å². The Kier molecular flexibility index (Phi) is 4.03. The van der Waals surface area contributed by atoms with Crippen molar-refractivity contribution in [2.75, 3.05) is 0 Å². The topological polar surface area (TPSA) is 56.4 Å². The molecule has 1 aliphatic rings. The highest BCUT2D eigenvalue weighted by molar-refractivity contribution is 7.16. The average Bonchev–Trinajstić information content (AvgIpc) is 2.66. The fourth-order valence-corrected chi connectivity index (χ4v) is 3.84. The van der Waals surface area contributed by atoms with Gasteiger partial charge in [-0.05, 0) is 43.4 Å². The molecule has 1 aliphatic carbocycles. The van der Waals surface area contributed by atoms with Gasteiger partial charge in [-0.15, -0.1) is 11.3 Å². The van der Waals surface area contributed by atoms with E-state index in [9.17, 15) is 10.4 Å². The van der Waals surface area contributed by atoms with Crippen LogP contribution in [0, 0.1) is 11.3 Å². The molecule has 0 amide bonds. The Morgan fingerprint density at radius 3 is 2.81 bits per heavy atom. The number of aliphatic imine (C=N–C) groups is 1. The van der Waals surface area contributed by atoms with Crippen molar-refractivity contribution >= 4 is 22.6 Å². The van der Waals surface area contributed by atoms with Crippen molar-refractivity contribution < 1.29 is 5.11 Å². The molecule has 0 fully saturated rings. The van der Waals surface area contributed by atoms with Crippen LogP contribution in [-0.2, 0) is 12.8 Å². The molecule has 106 valence electrons. The summed E-state index contributed by atoms with van der Waals surface area (Å²) in [6, 6.07) is 9.40. The third-order valence-corrected chi connectivity index (χ3v) is 4.97. The predicted octanol–water partition coefficient (Wildman–Crippen LogP) is 4.34. The van der Waals surface area contributed by atoms with Crippen molar-refractivity contribution in [2.24, 2.45) is 4.99 Å². The minimum absolute atomic E-state index is 0.206. The highest BCUT2D eigenvalue weighted by atomic mass is 32.1. The first kappa shape index (κ1) is 13.8. The van der Waals surface area contributed by atoms with Gasteiger partial charge in [-0.2, -0.15) is 5.26 Å². The maximum atomic E-state index is 9.76. The summed E-state index contributed by atoms with van der Waals surface area (Å²) in [6.45, 7) is 0. The number of para-hydroxylation sites is 1. The Morgan fingerprint density at radius 2 is 2.00 bits per heavy atom. The van der Waals surface area contributed by atoms with E-state index in [0.717, 1.165) is 29.8 Å². The van der Waals surface area contributed by atoms with Gasteiger partial charge in [0.05, 0.1) is 5.56 Å². The Labute approximate surface area is 128 Å². The van der Waals surface area contributed by atoms with Gasteiger partial charge in [0.1, 0.15) is 16.8 Å². The number of rotatable bonds is 2. The Balaban J connectivity index is 1.96. The summed E-state index contributed by atoms with van der Waals surface area (Å²) < 4.78 is 0. The van der Waals surface area contributed by atoms with Crippen molar-refractivity contribution in [3.8, 4) is 11.8 Å². The van der Waals surface area contributed by atoms with E-state index in [1.165, 1.54) is 23.3 Å². The molecular weight excluding hydrogens is 280 g/mol. The second-order valence-corrected chi connectivity index (χ2v) is 6.26. The minimum Gasteiger partial charge on any atom is -0.507 e.